The molecule has 132 valence electrons. The van der Waals surface area contributed by atoms with Crippen molar-refractivity contribution in [1.29, 1.82) is 0 Å². The molecular weight excluding hydrogens is 316 g/mol. The van der Waals surface area contributed by atoms with Crippen molar-refractivity contribution in [3.05, 3.63) is 60.7 Å². The van der Waals surface area contributed by atoms with E-state index in [0.29, 0.717) is 35.7 Å². The SMILES string of the molecule is C=CCc1cc(OC)c(O)c(-c2cc(CC=C)cc(OC)c2OC)c1. The maximum Gasteiger partial charge on any atom is 0.168 e. The molecule has 0 fully saturated rings. The van der Waals surface area contributed by atoms with Gasteiger partial charge in [-0.15, -0.1) is 13.2 Å². The molecule has 0 aliphatic carbocycles. The Morgan fingerprint density at radius 1 is 0.800 bits per heavy atom. The number of allylic oxidation sites excluding steroid dienone is 2. The summed E-state index contributed by atoms with van der Waals surface area (Å²) >= 11 is 0. The van der Waals surface area contributed by atoms with E-state index in [1.165, 1.54) is 7.11 Å². The number of ether oxygens (including phenoxy) is 3. The summed E-state index contributed by atoms with van der Waals surface area (Å²) in [4.78, 5) is 0. The van der Waals surface area contributed by atoms with Crippen LogP contribution < -0.4 is 14.2 Å². The molecule has 0 aliphatic rings. The van der Waals surface area contributed by atoms with Crippen molar-refractivity contribution < 1.29 is 19.3 Å². The molecular formula is C21H24O4. The number of benzene rings is 2. The van der Waals surface area contributed by atoms with E-state index in [0.717, 1.165) is 16.7 Å². The van der Waals surface area contributed by atoms with Gasteiger partial charge in [0.05, 0.1) is 21.3 Å². The molecule has 25 heavy (non-hydrogen) atoms. The van der Waals surface area contributed by atoms with Gasteiger partial charge < -0.3 is 19.3 Å². The zero-order valence-corrected chi connectivity index (χ0v) is 15.0. The molecule has 0 amide bonds. The van der Waals surface area contributed by atoms with Gasteiger partial charge in [0.15, 0.2) is 23.0 Å². The van der Waals surface area contributed by atoms with Crippen LogP contribution in [0.5, 0.6) is 23.0 Å². The Hall–Kier alpha value is -2.88. The van der Waals surface area contributed by atoms with Gasteiger partial charge >= 0.3 is 0 Å². The summed E-state index contributed by atoms with van der Waals surface area (Å²) in [7, 11) is 4.70. The zero-order chi connectivity index (χ0) is 18.4. The van der Waals surface area contributed by atoms with E-state index in [9.17, 15) is 5.11 Å². The minimum Gasteiger partial charge on any atom is -0.504 e. The quantitative estimate of drug-likeness (QED) is 0.717. The van der Waals surface area contributed by atoms with Crippen LogP contribution in [0.15, 0.2) is 49.6 Å². The first-order chi connectivity index (χ1) is 12.1. The van der Waals surface area contributed by atoms with E-state index in [1.54, 1.807) is 20.3 Å². The minimum absolute atomic E-state index is 0.0615. The van der Waals surface area contributed by atoms with Gasteiger partial charge in [-0.05, 0) is 48.2 Å². The monoisotopic (exact) mass is 340 g/mol. The average molecular weight is 340 g/mol. The number of methoxy groups -OCH3 is 3. The standard InChI is InChI=1S/C21H24O4/c1-6-8-14-10-16(20(22)18(12-14)23-3)17-11-15(9-7-2)13-19(24-4)21(17)25-5/h6-7,10-13,22H,1-2,8-9H2,3-5H3. The number of phenolic OH excluding ortho intramolecular Hbond substituents is 1. The Bertz CT molecular complexity index is 778. The summed E-state index contributed by atoms with van der Waals surface area (Å²) in [6.07, 6.45) is 4.97. The largest absolute Gasteiger partial charge is 0.504 e. The summed E-state index contributed by atoms with van der Waals surface area (Å²) in [5.41, 5.74) is 3.35. The van der Waals surface area contributed by atoms with Gasteiger partial charge in [0.1, 0.15) is 0 Å². The highest BCUT2D eigenvalue weighted by atomic mass is 16.5. The van der Waals surface area contributed by atoms with E-state index >= 15 is 0 Å². The molecule has 1 N–H and O–H groups in total. The molecule has 4 heteroatoms. The number of hydrogen-bond donors (Lipinski definition) is 1. The molecule has 0 unspecified atom stereocenters. The van der Waals surface area contributed by atoms with Crippen molar-refractivity contribution >= 4 is 0 Å². The lowest BCUT2D eigenvalue weighted by Crippen LogP contribution is -1.98. The topological polar surface area (TPSA) is 47.9 Å². The van der Waals surface area contributed by atoms with Crippen molar-refractivity contribution in [1.82, 2.24) is 0 Å². The number of phenols is 1. The minimum atomic E-state index is 0.0615. The normalized spacial score (nSPS) is 10.2. The Labute approximate surface area is 149 Å². The van der Waals surface area contributed by atoms with Crippen LogP contribution in [-0.4, -0.2) is 26.4 Å². The third-order valence-electron chi connectivity index (χ3n) is 3.94. The lowest BCUT2D eigenvalue weighted by Gasteiger charge is -2.18. The molecule has 2 aromatic rings. The predicted octanol–water partition coefficient (Wildman–Crippen LogP) is 4.54. The first-order valence-corrected chi connectivity index (χ1v) is 7.96. The fourth-order valence-corrected chi connectivity index (χ4v) is 2.82. The van der Waals surface area contributed by atoms with Crippen molar-refractivity contribution in [3.63, 3.8) is 0 Å². The van der Waals surface area contributed by atoms with Gasteiger partial charge in [-0.2, -0.15) is 0 Å². The summed E-state index contributed by atoms with van der Waals surface area (Å²) in [5, 5.41) is 10.7. The van der Waals surface area contributed by atoms with Crippen LogP contribution in [0.1, 0.15) is 11.1 Å². The molecule has 0 saturated carbocycles. The maximum atomic E-state index is 10.7. The second-order valence-electron chi connectivity index (χ2n) is 5.56. The fourth-order valence-electron chi connectivity index (χ4n) is 2.82. The van der Waals surface area contributed by atoms with Crippen LogP contribution in [0.3, 0.4) is 0 Å². The smallest absolute Gasteiger partial charge is 0.168 e. The van der Waals surface area contributed by atoms with Gasteiger partial charge in [0.25, 0.3) is 0 Å². The van der Waals surface area contributed by atoms with Crippen LogP contribution >= 0.6 is 0 Å². The molecule has 0 spiro atoms. The van der Waals surface area contributed by atoms with Crippen LogP contribution in [0.25, 0.3) is 11.1 Å². The highest BCUT2D eigenvalue weighted by Gasteiger charge is 2.19. The van der Waals surface area contributed by atoms with E-state index in [-0.39, 0.29) is 5.75 Å². The maximum absolute atomic E-state index is 10.7. The molecule has 0 aliphatic heterocycles. The lowest BCUT2D eigenvalue weighted by molar-refractivity contribution is 0.355. The molecule has 0 atom stereocenters. The molecule has 0 radical (unpaired) electrons. The predicted molar refractivity (Wildman–Crippen MR) is 101 cm³/mol. The molecule has 0 saturated heterocycles. The van der Waals surface area contributed by atoms with Gasteiger partial charge in [0.2, 0.25) is 0 Å². The third kappa shape index (κ3) is 3.79. The van der Waals surface area contributed by atoms with E-state index in [2.05, 4.69) is 13.2 Å². The van der Waals surface area contributed by atoms with Crippen molar-refractivity contribution in [2.75, 3.05) is 21.3 Å². The van der Waals surface area contributed by atoms with Gasteiger partial charge in [0, 0.05) is 11.1 Å². The molecule has 4 nitrogen and oxygen atoms in total. The first-order valence-electron chi connectivity index (χ1n) is 7.96. The van der Waals surface area contributed by atoms with Crippen LogP contribution in [0, 0.1) is 0 Å². The summed E-state index contributed by atoms with van der Waals surface area (Å²) in [6.45, 7) is 7.56. The van der Waals surface area contributed by atoms with Gasteiger partial charge in [-0.25, -0.2) is 0 Å². The second kappa shape index (κ2) is 8.29. The van der Waals surface area contributed by atoms with Crippen molar-refractivity contribution in [3.8, 4) is 34.1 Å². The van der Waals surface area contributed by atoms with E-state index in [1.807, 2.05) is 30.4 Å². The van der Waals surface area contributed by atoms with E-state index in [4.69, 9.17) is 14.2 Å². The number of hydrogen-bond acceptors (Lipinski definition) is 4. The lowest BCUT2D eigenvalue weighted by atomic mass is 9.96. The molecule has 2 aromatic carbocycles. The Balaban J connectivity index is 2.78. The molecule has 0 aromatic heterocycles. The van der Waals surface area contributed by atoms with Gasteiger partial charge in [-0.1, -0.05) is 12.2 Å². The number of rotatable bonds is 8. The highest BCUT2D eigenvalue weighted by Crippen LogP contribution is 2.46. The molecule has 0 bridgehead atoms. The number of aromatic hydroxyl groups is 1. The van der Waals surface area contributed by atoms with Crippen LogP contribution in [0.4, 0.5) is 0 Å². The fraction of sp³-hybridized carbons (Fsp3) is 0.238. The Morgan fingerprint density at radius 3 is 1.80 bits per heavy atom. The molecule has 0 heterocycles. The van der Waals surface area contributed by atoms with Crippen LogP contribution in [-0.2, 0) is 12.8 Å². The summed E-state index contributed by atoms with van der Waals surface area (Å²) in [6, 6.07) is 7.59. The van der Waals surface area contributed by atoms with Crippen LogP contribution in [0.2, 0.25) is 0 Å². The highest BCUT2D eigenvalue weighted by molar-refractivity contribution is 5.81. The van der Waals surface area contributed by atoms with Crippen molar-refractivity contribution in [2.45, 2.75) is 12.8 Å². The average Bonchev–Trinajstić information content (AvgIpc) is 2.62. The summed E-state index contributed by atoms with van der Waals surface area (Å²) in [5.74, 6) is 1.63. The van der Waals surface area contributed by atoms with Crippen molar-refractivity contribution in [2.24, 2.45) is 0 Å². The second-order valence-corrected chi connectivity index (χ2v) is 5.56. The zero-order valence-electron chi connectivity index (χ0n) is 15.0. The van der Waals surface area contributed by atoms with E-state index < -0.39 is 0 Å². The van der Waals surface area contributed by atoms with Gasteiger partial charge in [-0.3, -0.25) is 0 Å². The summed E-state index contributed by atoms with van der Waals surface area (Å²) < 4.78 is 16.4. The Morgan fingerprint density at radius 2 is 1.32 bits per heavy atom. The third-order valence-corrected chi connectivity index (χ3v) is 3.94. The Kier molecular flexibility index (Phi) is 6.12. The molecule has 2 rings (SSSR count). The first kappa shape index (κ1) is 18.5.